The van der Waals surface area contributed by atoms with Gasteiger partial charge in [-0.15, -0.1) is 0 Å². The number of halogens is 1. The molecule has 2 aromatic carbocycles. The van der Waals surface area contributed by atoms with Crippen molar-refractivity contribution in [3.63, 3.8) is 0 Å². The van der Waals surface area contributed by atoms with E-state index in [0.717, 1.165) is 23.1 Å². The van der Waals surface area contributed by atoms with Gasteiger partial charge in [0.1, 0.15) is 5.75 Å². The van der Waals surface area contributed by atoms with E-state index in [9.17, 15) is 0 Å². The maximum Gasteiger partial charge on any atom is 0.328 e. The predicted octanol–water partition coefficient (Wildman–Crippen LogP) is 6.14. The molecular formula is C22H20ClN3O3. The quantitative estimate of drug-likeness (QED) is 0.381. The van der Waals surface area contributed by atoms with Crippen molar-refractivity contribution in [3.8, 4) is 29.1 Å². The first-order chi connectivity index (χ1) is 14.0. The fraction of sp³-hybridized carbons (Fsp3) is 0.227. The average Bonchev–Trinajstić information content (AvgIpc) is 3.13. The van der Waals surface area contributed by atoms with E-state index in [0.29, 0.717) is 40.4 Å². The van der Waals surface area contributed by atoms with Crippen LogP contribution in [0.15, 0.2) is 46.9 Å². The molecule has 0 spiro atoms. The van der Waals surface area contributed by atoms with E-state index >= 15 is 0 Å². The topological polar surface area (TPSA) is 70.3 Å². The third-order valence-corrected chi connectivity index (χ3v) is 4.68. The van der Waals surface area contributed by atoms with Crippen LogP contribution in [0.3, 0.4) is 0 Å². The molecule has 29 heavy (non-hydrogen) atoms. The third kappa shape index (κ3) is 4.17. The lowest BCUT2D eigenvalue weighted by atomic mass is 10.1. The number of oxazole rings is 1. The highest BCUT2D eigenvalue weighted by Gasteiger charge is 2.18. The standard InChI is InChI=1S/C22H20ClN3O3/c1-4-10-27-20-18-21(29-19(24-18)15-7-5-6-13(2)11-15)26-22(25-20)28-16-8-9-17(23)14(3)12-16/h5-9,11-12H,4,10H2,1-3H3. The van der Waals surface area contributed by atoms with E-state index in [-0.39, 0.29) is 6.01 Å². The van der Waals surface area contributed by atoms with Crippen molar-refractivity contribution in [3.05, 3.63) is 58.6 Å². The summed E-state index contributed by atoms with van der Waals surface area (Å²) in [7, 11) is 0. The van der Waals surface area contributed by atoms with Crippen LogP contribution in [-0.2, 0) is 0 Å². The number of aromatic nitrogens is 3. The Morgan fingerprint density at radius 3 is 2.66 bits per heavy atom. The molecule has 6 nitrogen and oxygen atoms in total. The van der Waals surface area contributed by atoms with Crippen LogP contribution < -0.4 is 9.47 Å². The van der Waals surface area contributed by atoms with Crippen LogP contribution in [0.2, 0.25) is 5.02 Å². The van der Waals surface area contributed by atoms with Crippen molar-refractivity contribution in [2.75, 3.05) is 6.61 Å². The molecule has 0 bridgehead atoms. The maximum absolute atomic E-state index is 6.09. The molecule has 0 amide bonds. The molecule has 2 heterocycles. The second kappa shape index (κ2) is 8.09. The minimum atomic E-state index is 0.122. The van der Waals surface area contributed by atoms with Gasteiger partial charge in [-0.25, -0.2) is 4.98 Å². The highest BCUT2D eigenvalue weighted by molar-refractivity contribution is 6.31. The fourth-order valence-electron chi connectivity index (χ4n) is 2.81. The van der Waals surface area contributed by atoms with Gasteiger partial charge in [0.25, 0.3) is 11.6 Å². The molecular weight excluding hydrogens is 390 g/mol. The lowest BCUT2D eigenvalue weighted by Crippen LogP contribution is -2.01. The normalized spacial score (nSPS) is 11.0. The molecule has 0 aliphatic heterocycles. The summed E-state index contributed by atoms with van der Waals surface area (Å²) in [5, 5.41) is 0.665. The van der Waals surface area contributed by atoms with E-state index in [1.165, 1.54) is 0 Å². The Kier molecular flexibility index (Phi) is 5.36. The summed E-state index contributed by atoms with van der Waals surface area (Å²) in [6.07, 6.45) is 0.834. The summed E-state index contributed by atoms with van der Waals surface area (Å²) < 4.78 is 17.5. The average molecular weight is 410 g/mol. The maximum atomic E-state index is 6.09. The van der Waals surface area contributed by atoms with Gasteiger partial charge < -0.3 is 13.9 Å². The summed E-state index contributed by atoms with van der Waals surface area (Å²) in [5.74, 6) is 1.37. The Morgan fingerprint density at radius 2 is 1.90 bits per heavy atom. The van der Waals surface area contributed by atoms with Crippen LogP contribution >= 0.6 is 11.6 Å². The van der Waals surface area contributed by atoms with Gasteiger partial charge in [0.15, 0.2) is 5.52 Å². The molecule has 0 atom stereocenters. The largest absolute Gasteiger partial charge is 0.476 e. The van der Waals surface area contributed by atoms with Crippen molar-refractivity contribution < 1.29 is 13.9 Å². The van der Waals surface area contributed by atoms with Gasteiger partial charge in [-0.1, -0.05) is 36.2 Å². The molecule has 0 radical (unpaired) electrons. The molecule has 2 aromatic heterocycles. The summed E-state index contributed by atoms with van der Waals surface area (Å²) in [6, 6.07) is 13.4. The monoisotopic (exact) mass is 409 g/mol. The summed E-state index contributed by atoms with van der Waals surface area (Å²) in [6.45, 7) is 6.44. The van der Waals surface area contributed by atoms with Crippen molar-refractivity contribution in [1.29, 1.82) is 0 Å². The number of aryl methyl sites for hydroxylation is 2. The van der Waals surface area contributed by atoms with Gasteiger partial charge in [-0.05, 0) is 56.2 Å². The minimum Gasteiger partial charge on any atom is -0.476 e. The third-order valence-electron chi connectivity index (χ3n) is 4.25. The van der Waals surface area contributed by atoms with Crippen molar-refractivity contribution in [2.45, 2.75) is 27.2 Å². The molecule has 148 valence electrons. The Labute approximate surface area is 173 Å². The first kappa shape index (κ1) is 19.2. The number of fused-ring (bicyclic) bond motifs is 1. The molecule has 4 aromatic rings. The number of hydrogen-bond donors (Lipinski definition) is 0. The second-order valence-corrected chi connectivity index (χ2v) is 7.12. The zero-order valence-electron chi connectivity index (χ0n) is 16.4. The van der Waals surface area contributed by atoms with Crippen LogP contribution in [0.1, 0.15) is 24.5 Å². The lowest BCUT2D eigenvalue weighted by Gasteiger charge is -2.08. The Morgan fingerprint density at radius 1 is 1.03 bits per heavy atom. The summed E-state index contributed by atoms with van der Waals surface area (Å²) >= 11 is 6.09. The SMILES string of the molecule is CCCOc1nc(Oc2ccc(Cl)c(C)c2)nc2oc(-c3cccc(C)c3)nc12. The Balaban J connectivity index is 1.76. The fourth-order valence-corrected chi connectivity index (χ4v) is 2.93. The zero-order chi connectivity index (χ0) is 20.4. The minimum absolute atomic E-state index is 0.122. The smallest absolute Gasteiger partial charge is 0.328 e. The number of ether oxygens (including phenoxy) is 2. The zero-order valence-corrected chi connectivity index (χ0v) is 17.2. The Hall–Kier alpha value is -3.12. The van der Waals surface area contributed by atoms with Crippen molar-refractivity contribution >= 4 is 22.8 Å². The predicted molar refractivity (Wildman–Crippen MR) is 112 cm³/mol. The van der Waals surface area contributed by atoms with Crippen molar-refractivity contribution in [1.82, 2.24) is 15.0 Å². The molecule has 4 rings (SSSR count). The van der Waals surface area contributed by atoms with Gasteiger partial charge in [-0.3, -0.25) is 0 Å². The Bertz CT molecular complexity index is 1170. The van der Waals surface area contributed by atoms with Gasteiger partial charge in [-0.2, -0.15) is 9.97 Å². The summed E-state index contributed by atoms with van der Waals surface area (Å²) in [5.41, 5.74) is 3.65. The van der Waals surface area contributed by atoms with E-state index in [1.807, 2.05) is 51.1 Å². The van der Waals surface area contributed by atoms with Gasteiger partial charge in [0, 0.05) is 10.6 Å². The molecule has 7 heteroatoms. The molecule has 0 unspecified atom stereocenters. The van der Waals surface area contributed by atoms with Gasteiger partial charge in [0.05, 0.1) is 6.61 Å². The van der Waals surface area contributed by atoms with Crippen LogP contribution in [-0.4, -0.2) is 21.6 Å². The van der Waals surface area contributed by atoms with Crippen LogP contribution in [0.5, 0.6) is 17.6 Å². The first-order valence-corrected chi connectivity index (χ1v) is 9.73. The van der Waals surface area contributed by atoms with Crippen molar-refractivity contribution in [2.24, 2.45) is 0 Å². The van der Waals surface area contributed by atoms with Gasteiger partial charge >= 0.3 is 6.01 Å². The molecule has 0 saturated carbocycles. The number of benzene rings is 2. The first-order valence-electron chi connectivity index (χ1n) is 9.36. The van der Waals surface area contributed by atoms with Crippen LogP contribution in [0.25, 0.3) is 22.7 Å². The van der Waals surface area contributed by atoms with Crippen LogP contribution in [0.4, 0.5) is 0 Å². The highest BCUT2D eigenvalue weighted by Crippen LogP contribution is 2.32. The molecule has 0 aliphatic carbocycles. The van der Waals surface area contributed by atoms with E-state index in [2.05, 4.69) is 15.0 Å². The molecule has 0 saturated heterocycles. The van der Waals surface area contributed by atoms with E-state index < -0.39 is 0 Å². The number of rotatable bonds is 6. The van der Waals surface area contributed by atoms with Crippen LogP contribution in [0, 0.1) is 13.8 Å². The van der Waals surface area contributed by atoms with E-state index in [1.54, 1.807) is 12.1 Å². The molecule has 0 aliphatic rings. The lowest BCUT2D eigenvalue weighted by molar-refractivity contribution is 0.302. The molecule has 0 N–H and O–H groups in total. The number of nitrogens with zero attached hydrogens (tertiary/aromatic N) is 3. The second-order valence-electron chi connectivity index (χ2n) is 6.72. The van der Waals surface area contributed by atoms with Gasteiger partial charge in [0.2, 0.25) is 5.89 Å². The van der Waals surface area contributed by atoms with E-state index in [4.69, 9.17) is 25.5 Å². The number of hydrogen-bond acceptors (Lipinski definition) is 6. The summed E-state index contributed by atoms with van der Waals surface area (Å²) in [4.78, 5) is 13.3. The highest BCUT2D eigenvalue weighted by atomic mass is 35.5. The molecule has 0 fully saturated rings.